The van der Waals surface area contributed by atoms with Gasteiger partial charge in [-0.1, -0.05) is 12.1 Å². The second kappa shape index (κ2) is 5.41. The van der Waals surface area contributed by atoms with Crippen molar-refractivity contribution in [3.8, 4) is 0 Å². The van der Waals surface area contributed by atoms with E-state index in [-0.39, 0.29) is 5.82 Å². The molecule has 0 aliphatic heterocycles. The number of halogens is 1. The summed E-state index contributed by atoms with van der Waals surface area (Å²) < 4.78 is 18.0. The predicted octanol–water partition coefficient (Wildman–Crippen LogP) is 2.17. The maximum atomic E-state index is 13.0. The highest BCUT2D eigenvalue weighted by Gasteiger charge is 2.37. The standard InChI is InChI=1S/C13H18FNO/c1-16-6-5-15-9-11-8-13(11)10-3-2-4-12(14)7-10/h2-4,7,11,13,15H,5-6,8-9H2,1H3. The van der Waals surface area contributed by atoms with Gasteiger partial charge in [0.25, 0.3) is 0 Å². The van der Waals surface area contributed by atoms with E-state index in [1.54, 1.807) is 19.2 Å². The molecule has 0 amide bonds. The molecule has 0 saturated heterocycles. The summed E-state index contributed by atoms with van der Waals surface area (Å²) in [5, 5.41) is 3.34. The van der Waals surface area contributed by atoms with Gasteiger partial charge in [0.15, 0.2) is 0 Å². The van der Waals surface area contributed by atoms with Gasteiger partial charge in [0.1, 0.15) is 5.82 Å². The van der Waals surface area contributed by atoms with Crippen LogP contribution >= 0.6 is 0 Å². The molecule has 2 nitrogen and oxygen atoms in total. The Hall–Kier alpha value is -0.930. The maximum Gasteiger partial charge on any atom is 0.123 e. The Morgan fingerprint density at radius 1 is 1.50 bits per heavy atom. The van der Waals surface area contributed by atoms with E-state index in [0.29, 0.717) is 11.8 Å². The van der Waals surface area contributed by atoms with Crippen molar-refractivity contribution in [2.45, 2.75) is 12.3 Å². The van der Waals surface area contributed by atoms with Crippen LogP contribution in [0.25, 0.3) is 0 Å². The van der Waals surface area contributed by atoms with Gasteiger partial charge < -0.3 is 10.1 Å². The van der Waals surface area contributed by atoms with E-state index < -0.39 is 0 Å². The van der Waals surface area contributed by atoms with E-state index >= 15 is 0 Å². The molecule has 0 bridgehead atoms. The van der Waals surface area contributed by atoms with Crippen LogP contribution in [0.15, 0.2) is 24.3 Å². The second-order valence-corrected chi connectivity index (χ2v) is 4.35. The van der Waals surface area contributed by atoms with Crippen LogP contribution in [0.5, 0.6) is 0 Å². The van der Waals surface area contributed by atoms with Crippen molar-refractivity contribution in [3.05, 3.63) is 35.6 Å². The highest BCUT2D eigenvalue weighted by Crippen LogP contribution is 2.46. The van der Waals surface area contributed by atoms with Crippen LogP contribution in [0.1, 0.15) is 17.9 Å². The van der Waals surface area contributed by atoms with Gasteiger partial charge in [-0.15, -0.1) is 0 Å². The fraction of sp³-hybridized carbons (Fsp3) is 0.538. The smallest absolute Gasteiger partial charge is 0.123 e. The SMILES string of the molecule is COCCNCC1CC1c1cccc(F)c1. The molecule has 1 fully saturated rings. The largest absolute Gasteiger partial charge is 0.383 e. The molecule has 16 heavy (non-hydrogen) atoms. The zero-order valence-corrected chi connectivity index (χ0v) is 9.58. The highest BCUT2D eigenvalue weighted by molar-refractivity contribution is 5.26. The molecule has 1 aliphatic rings. The molecule has 1 aromatic carbocycles. The number of ether oxygens (including phenoxy) is 1. The third-order valence-electron chi connectivity index (χ3n) is 3.09. The van der Waals surface area contributed by atoms with Crippen molar-refractivity contribution in [2.24, 2.45) is 5.92 Å². The first-order valence-electron chi connectivity index (χ1n) is 5.76. The number of benzene rings is 1. The van der Waals surface area contributed by atoms with Crippen LogP contribution in [-0.2, 0) is 4.74 Å². The quantitative estimate of drug-likeness (QED) is 0.746. The van der Waals surface area contributed by atoms with Crippen LogP contribution in [0, 0.1) is 11.7 Å². The molecule has 0 aromatic heterocycles. The summed E-state index contributed by atoms with van der Waals surface area (Å²) in [7, 11) is 1.70. The Labute approximate surface area is 95.8 Å². The van der Waals surface area contributed by atoms with Crippen LogP contribution in [-0.4, -0.2) is 26.8 Å². The van der Waals surface area contributed by atoms with E-state index in [0.717, 1.165) is 25.3 Å². The summed E-state index contributed by atoms with van der Waals surface area (Å²) in [6, 6.07) is 6.96. The lowest BCUT2D eigenvalue weighted by molar-refractivity contribution is 0.199. The summed E-state index contributed by atoms with van der Waals surface area (Å²) in [6.07, 6.45) is 1.17. The summed E-state index contributed by atoms with van der Waals surface area (Å²) in [5.41, 5.74) is 1.14. The van der Waals surface area contributed by atoms with Gasteiger partial charge in [0.2, 0.25) is 0 Å². The van der Waals surface area contributed by atoms with Gasteiger partial charge in [-0.05, 0) is 42.5 Å². The molecule has 2 rings (SSSR count). The number of rotatable bonds is 6. The van der Waals surface area contributed by atoms with E-state index in [2.05, 4.69) is 5.32 Å². The average Bonchev–Trinajstić information content (AvgIpc) is 3.04. The molecule has 2 unspecified atom stereocenters. The minimum atomic E-state index is -0.129. The molecular formula is C13H18FNO. The summed E-state index contributed by atoms with van der Waals surface area (Å²) >= 11 is 0. The van der Waals surface area contributed by atoms with Crippen molar-refractivity contribution in [1.82, 2.24) is 5.32 Å². The van der Waals surface area contributed by atoms with Gasteiger partial charge in [-0.2, -0.15) is 0 Å². The second-order valence-electron chi connectivity index (χ2n) is 4.35. The average molecular weight is 223 g/mol. The van der Waals surface area contributed by atoms with E-state index in [1.165, 1.54) is 12.5 Å². The van der Waals surface area contributed by atoms with Crippen molar-refractivity contribution in [3.63, 3.8) is 0 Å². The Morgan fingerprint density at radius 3 is 3.12 bits per heavy atom. The molecule has 2 atom stereocenters. The van der Waals surface area contributed by atoms with Crippen molar-refractivity contribution in [1.29, 1.82) is 0 Å². The monoisotopic (exact) mass is 223 g/mol. The van der Waals surface area contributed by atoms with Crippen molar-refractivity contribution in [2.75, 3.05) is 26.8 Å². The maximum absolute atomic E-state index is 13.0. The Bertz CT molecular complexity index is 342. The third kappa shape index (κ3) is 3.03. The predicted molar refractivity (Wildman–Crippen MR) is 62.0 cm³/mol. The van der Waals surface area contributed by atoms with Crippen LogP contribution in [0.4, 0.5) is 4.39 Å². The Kier molecular flexibility index (Phi) is 3.91. The molecule has 1 saturated carbocycles. The molecule has 88 valence electrons. The molecule has 1 aliphatic carbocycles. The third-order valence-corrected chi connectivity index (χ3v) is 3.09. The lowest BCUT2D eigenvalue weighted by Crippen LogP contribution is -2.21. The Morgan fingerprint density at radius 2 is 2.38 bits per heavy atom. The fourth-order valence-electron chi connectivity index (χ4n) is 2.08. The zero-order chi connectivity index (χ0) is 11.4. The number of nitrogens with one attached hydrogen (secondary N) is 1. The molecule has 0 radical (unpaired) electrons. The summed E-state index contributed by atoms with van der Waals surface area (Å²) in [4.78, 5) is 0. The van der Waals surface area contributed by atoms with E-state index in [1.807, 2.05) is 6.07 Å². The normalized spacial score (nSPS) is 23.4. The lowest BCUT2D eigenvalue weighted by Gasteiger charge is -2.03. The first kappa shape index (κ1) is 11.6. The first-order valence-corrected chi connectivity index (χ1v) is 5.76. The van der Waals surface area contributed by atoms with Crippen LogP contribution in [0.2, 0.25) is 0 Å². The van der Waals surface area contributed by atoms with Crippen LogP contribution < -0.4 is 5.32 Å². The minimum Gasteiger partial charge on any atom is -0.383 e. The highest BCUT2D eigenvalue weighted by atomic mass is 19.1. The summed E-state index contributed by atoms with van der Waals surface area (Å²) in [5.74, 6) is 1.08. The van der Waals surface area contributed by atoms with E-state index in [4.69, 9.17) is 4.74 Å². The van der Waals surface area contributed by atoms with Gasteiger partial charge in [0, 0.05) is 13.7 Å². The number of hydrogen-bond donors (Lipinski definition) is 1. The van der Waals surface area contributed by atoms with Gasteiger partial charge >= 0.3 is 0 Å². The zero-order valence-electron chi connectivity index (χ0n) is 9.58. The van der Waals surface area contributed by atoms with Gasteiger partial charge in [-0.3, -0.25) is 0 Å². The molecule has 0 spiro atoms. The molecular weight excluding hydrogens is 205 g/mol. The Balaban J connectivity index is 1.74. The van der Waals surface area contributed by atoms with Crippen molar-refractivity contribution < 1.29 is 9.13 Å². The first-order chi connectivity index (χ1) is 7.81. The molecule has 1 N–H and O–H groups in total. The number of hydrogen-bond acceptors (Lipinski definition) is 2. The molecule has 1 aromatic rings. The summed E-state index contributed by atoms with van der Waals surface area (Å²) in [6.45, 7) is 2.64. The fourth-order valence-corrected chi connectivity index (χ4v) is 2.08. The van der Waals surface area contributed by atoms with Gasteiger partial charge in [0.05, 0.1) is 6.61 Å². The molecule has 3 heteroatoms. The topological polar surface area (TPSA) is 21.3 Å². The lowest BCUT2D eigenvalue weighted by atomic mass is 10.1. The van der Waals surface area contributed by atoms with Crippen LogP contribution in [0.3, 0.4) is 0 Å². The van der Waals surface area contributed by atoms with E-state index in [9.17, 15) is 4.39 Å². The number of methoxy groups -OCH3 is 1. The molecule has 0 heterocycles. The minimum absolute atomic E-state index is 0.129. The van der Waals surface area contributed by atoms with Crippen molar-refractivity contribution >= 4 is 0 Å². The van der Waals surface area contributed by atoms with Gasteiger partial charge in [-0.25, -0.2) is 4.39 Å².